The molecular weight excluding hydrogens is 310 g/mol. The molecule has 1 atom stereocenters. The number of carbonyl (C=O) groups is 1. The molecule has 0 unspecified atom stereocenters. The molecule has 0 spiro atoms. The van der Waals surface area contributed by atoms with Gasteiger partial charge in [-0.15, -0.1) is 0 Å². The maximum atomic E-state index is 12.2. The van der Waals surface area contributed by atoms with Gasteiger partial charge in [-0.1, -0.05) is 11.6 Å². The number of nitro groups is 1. The van der Waals surface area contributed by atoms with Crippen LogP contribution in [-0.4, -0.2) is 15.4 Å². The second kappa shape index (κ2) is 6.40. The Morgan fingerprint density at radius 1 is 1.27 bits per heavy atom. The molecule has 1 amide bonds. The summed E-state index contributed by atoms with van der Waals surface area (Å²) in [5.74, 6) is -0.468. The van der Waals surface area contributed by atoms with Gasteiger partial charge in [0, 0.05) is 22.8 Å². The van der Waals surface area contributed by atoms with Crippen molar-refractivity contribution >= 4 is 28.9 Å². The van der Waals surface area contributed by atoms with Crippen LogP contribution in [0, 0.1) is 10.1 Å². The van der Waals surface area contributed by atoms with Gasteiger partial charge in [-0.3, -0.25) is 24.3 Å². The molecule has 1 aromatic carbocycles. The van der Waals surface area contributed by atoms with E-state index in [-0.39, 0.29) is 5.69 Å². The predicted molar refractivity (Wildman–Crippen MR) is 82.1 cm³/mol. The van der Waals surface area contributed by atoms with E-state index in [1.54, 1.807) is 24.3 Å². The quantitative estimate of drug-likeness (QED) is 0.691. The number of hydrogen-bond donors (Lipinski definition) is 1. The van der Waals surface area contributed by atoms with Crippen molar-refractivity contribution < 1.29 is 9.72 Å². The van der Waals surface area contributed by atoms with Gasteiger partial charge in [-0.05, 0) is 31.2 Å². The van der Waals surface area contributed by atoms with E-state index in [4.69, 9.17) is 11.6 Å². The first-order valence-corrected chi connectivity index (χ1v) is 6.69. The molecule has 0 saturated carbocycles. The number of hydrogen-bond acceptors (Lipinski definition) is 4. The molecule has 1 aromatic heterocycles. The lowest BCUT2D eigenvalue weighted by Gasteiger charge is -2.14. The molecule has 0 bridgehead atoms. The zero-order chi connectivity index (χ0) is 16.3. The fraction of sp³-hybridized carbons (Fsp3) is 0.143. The van der Waals surface area contributed by atoms with E-state index in [1.165, 1.54) is 6.92 Å². The topological polar surface area (TPSA) is 94.2 Å². The summed E-state index contributed by atoms with van der Waals surface area (Å²) in [6, 6.07) is 7.71. The Labute approximate surface area is 130 Å². The highest BCUT2D eigenvalue weighted by atomic mass is 35.5. The van der Waals surface area contributed by atoms with Crippen LogP contribution in [0.2, 0.25) is 5.02 Å². The molecular formula is C14H12ClN3O4. The summed E-state index contributed by atoms with van der Waals surface area (Å²) in [5, 5.41) is 13.9. The smallest absolute Gasteiger partial charge is 0.285 e. The second-order valence-corrected chi connectivity index (χ2v) is 5.00. The highest BCUT2D eigenvalue weighted by Gasteiger charge is 2.18. The van der Waals surface area contributed by atoms with Crippen LogP contribution in [0.4, 0.5) is 11.4 Å². The van der Waals surface area contributed by atoms with Gasteiger partial charge in [-0.25, -0.2) is 0 Å². The van der Waals surface area contributed by atoms with Gasteiger partial charge in [0.25, 0.3) is 11.2 Å². The first-order chi connectivity index (χ1) is 10.4. The Hall–Kier alpha value is -2.67. The summed E-state index contributed by atoms with van der Waals surface area (Å²) in [4.78, 5) is 34.1. The van der Waals surface area contributed by atoms with E-state index in [2.05, 4.69) is 5.32 Å². The normalized spacial score (nSPS) is 11.7. The molecule has 0 aliphatic carbocycles. The molecule has 1 heterocycles. The van der Waals surface area contributed by atoms with E-state index in [1.807, 2.05) is 0 Å². The first-order valence-electron chi connectivity index (χ1n) is 6.31. The molecule has 0 saturated heterocycles. The van der Waals surface area contributed by atoms with Crippen LogP contribution in [0.25, 0.3) is 0 Å². The van der Waals surface area contributed by atoms with Crippen LogP contribution in [0.1, 0.15) is 13.0 Å². The molecule has 8 heteroatoms. The van der Waals surface area contributed by atoms with Crippen molar-refractivity contribution in [3.63, 3.8) is 0 Å². The third-order valence-electron chi connectivity index (χ3n) is 3.04. The van der Waals surface area contributed by atoms with Gasteiger partial charge in [0.1, 0.15) is 6.04 Å². The summed E-state index contributed by atoms with van der Waals surface area (Å²) in [6.07, 6.45) is 1.05. The third kappa shape index (κ3) is 3.50. The first kappa shape index (κ1) is 15.7. The van der Waals surface area contributed by atoms with Crippen LogP contribution in [0.5, 0.6) is 0 Å². The van der Waals surface area contributed by atoms with Crippen molar-refractivity contribution in [1.29, 1.82) is 0 Å². The van der Waals surface area contributed by atoms with Gasteiger partial charge in [0.2, 0.25) is 5.91 Å². The lowest BCUT2D eigenvalue weighted by molar-refractivity contribution is -0.385. The fourth-order valence-corrected chi connectivity index (χ4v) is 1.93. The van der Waals surface area contributed by atoms with Gasteiger partial charge >= 0.3 is 0 Å². The van der Waals surface area contributed by atoms with Crippen molar-refractivity contribution in [2.75, 3.05) is 5.32 Å². The number of benzene rings is 1. The number of aromatic nitrogens is 1. The van der Waals surface area contributed by atoms with Crippen LogP contribution >= 0.6 is 11.6 Å². The van der Waals surface area contributed by atoms with Gasteiger partial charge in [0.05, 0.1) is 11.1 Å². The number of nitrogens with one attached hydrogen (secondary N) is 1. The monoisotopic (exact) mass is 321 g/mol. The Kier molecular flexibility index (Phi) is 4.57. The van der Waals surface area contributed by atoms with Gasteiger partial charge in [0.15, 0.2) is 0 Å². The van der Waals surface area contributed by atoms with E-state index in [9.17, 15) is 19.7 Å². The van der Waals surface area contributed by atoms with Crippen molar-refractivity contribution in [3.8, 4) is 0 Å². The van der Waals surface area contributed by atoms with Crippen LogP contribution in [0.3, 0.4) is 0 Å². The SMILES string of the molecule is C[C@H](C(=O)Nc1ccc(Cl)cc1)n1cc([N+](=O)[O-])ccc1=O. The number of pyridine rings is 1. The maximum absolute atomic E-state index is 12.2. The van der Waals surface area contributed by atoms with Crippen LogP contribution in [0.15, 0.2) is 47.4 Å². The number of nitrogens with zero attached hydrogens (tertiary/aromatic N) is 2. The van der Waals surface area contributed by atoms with Gasteiger partial charge in [-0.2, -0.15) is 0 Å². The molecule has 7 nitrogen and oxygen atoms in total. The van der Waals surface area contributed by atoms with E-state index in [0.717, 1.165) is 22.9 Å². The minimum Gasteiger partial charge on any atom is -0.324 e. The molecule has 0 aliphatic rings. The fourth-order valence-electron chi connectivity index (χ4n) is 1.81. The average Bonchev–Trinajstić information content (AvgIpc) is 2.49. The Morgan fingerprint density at radius 2 is 1.91 bits per heavy atom. The molecule has 1 N–H and O–H groups in total. The Morgan fingerprint density at radius 3 is 2.50 bits per heavy atom. The van der Waals surface area contributed by atoms with Crippen molar-refractivity contribution in [2.45, 2.75) is 13.0 Å². The highest BCUT2D eigenvalue weighted by molar-refractivity contribution is 6.30. The molecule has 22 heavy (non-hydrogen) atoms. The summed E-state index contributed by atoms with van der Waals surface area (Å²) in [7, 11) is 0. The second-order valence-electron chi connectivity index (χ2n) is 4.56. The third-order valence-corrected chi connectivity index (χ3v) is 3.29. The molecule has 2 aromatic rings. The number of halogens is 1. The molecule has 0 aliphatic heterocycles. The Bertz CT molecular complexity index is 770. The van der Waals surface area contributed by atoms with Crippen LogP contribution in [-0.2, 0) is 4.79 Å². The van der Waals surface area contributed by atoms with E-state index < -0.39 is 22.4 Å². The summed E-state index contributed by atoms with van der Waals surface area (Å²) in [6.45, 7) is 1.48. The molecule has 114 valence electrons. The minimum absolute atomic E-state index is 0.259. The largest absolute Gasteiger partial charge is 0.324 e. The number of carbonyl (C=O) groups excluding carboxylic acids is 1. The lowest BCUT2D eigenvalue weighted by Crippen LogP contribution is -2.31. The minimum atomic E-state index is -0.900. The standard InChI is InChI=1S/C14H12ClN3O4/c1-9(14(20)16-11-4-2-10(15)3-5-11)17-8-12(18(21)22)6-7-13(17)19/h2-9H,1H3,(H,16,20)/t9-/m1/s1. The molecule has 0 radical (unpaired) electrons. The number of rotatable bonds is 4. The summed E-state index contributed by atoms with van der Waals surface area (Å²) >= 11 is 5.75. The van der Waals surface area contributed by atoms with Crippen molar-refractivity contribution in [1.82, 2.24) is 4.57 Å². The van der Waals surface area contributed by atoms with E-state index >= 15 is 0 Å². The predicted octanol–water partition coefficient (Wildman–Crippen LogP) is 2.61. The number of amides is 1. The van der Waals surface area contributed by atoms with Crippen molar-refractivity contribution in [3.05, 3.63) is 68.1 Å². The van der Waals surface area contributed by atoms with E-state index in [0.29, 0.717) is 10.7 Å². The average molecular weight is 322 g/mol. The zero-order valence-electron chi connectivity index (χ0n) is 11.5. The van der Waals surface area contributed by atoms with Gasteiger partial charge < -0.3 is 5.32 Å². The lowest BCUT2D eigenvalue weighted by atomic mass is 10.2. The number of anilines is 1. The molecule has 2 rings (SSSR count). The summed E-state index contributed by atoms with van der Waals surface area (Å²) < 4.78 is 1.02. The van der Waals surface area contributed by atoms with Crippen molar-refractivity contribution in [2.24, 2.45) is 0 Å². The zero-order valence-corrected chi connectivity index (χ0v) is 12.3. The highest BCUT2D eigenvalue weighted by Crippen LogP contribution is 2.16. The van der Waals surface area contributed by atoms with Crippen LogP contribution < -0.4 is 10.9 Å². The Balaban J connectivity index is 2.23. The molecule has 0 fully saturated rings. The maximum Gasteiger partial charge on any atom is 0.285 e. The summed E-state index contributed by atoms with van der Waals surface area (Å²) in [5.41, 5.74) is -0.241.